The molecule has 6 nitrogen and oxygen atoms in total. The molecule has 0 saturated carbocycles. The third kappa shape index (κ3) is 2.76. The molecule has 0 amide bonds. The van der Waals surface area contributed by atoms with Crippen molar-refractivity contribution in [1.82, 2.24) is 0 Å². The lowest BCUT2D eigenvalue weighted by Crippen LogP contribution is -2.27. The molecule has 88 valence electrons. The van der Waals surface area contributed by atoms with E-state index in [4.69, 9.17) is 4.42 Å². The normalized spacial score (nSPS) is 10.4. The molecular weight excluding hydrogens is 244 g/mol. The van der Waals surface area contributed by atoms with Crippen LogP contribution in [0.2, 0.25) is 0 Å². The molecule has 0 unspecified atom stereocenters. The molecule has 0 bridgehead atoms. The minimum Gasteiger partial charge on any atom is -0.618 e. The molecule has 2 heterocycles. The monoisotopic (exact) mass is 252 g/mol. The summed E-state index contributed by atoms with van der Waals surface area (Å²) in [4.78, 5) is 9.80. The predicted molar refractivity (Wildman–Crippen MR) is 60.3 cm³/mol. The average Bonchev–Trinajstić information content (AvgIpc) is 2.77. The largest absolute Gasteiger partial charge is 0.618 e. The van der Waals surface area contributed by atoms with Crippen LogP contribution in [0, 0.1) is 15.3 Å². The maximum atomic E-state index is 11.3. The summed E-state index contributed by atoms with van der Waals surface area (Å²) in [6, 6.07) is 7.89. The first-order valence-corrected chi connectivity index (χ1v) is 5.69. The first-order valence-electron chi connectivity index (χ1n) is 4.71. The number of hydrogen-bond acceptors (Lipinski definition) is 5. The number of hydrogen-bond donors (Lipinski definition) is 0. The van der Waals surface area contributed by atoms with Crippen molar-refractivity contribution in [3.8, 4) is 0 Å². The van der Waals surface area contributed by atoms with Gasteiger partial charge in [0, 0.05) is 12.1 Å². The molecule has 0 fully saturated rings. The number of nitrogens with zero attached hydrogens (tertiary/aromatic N) is 2. The molecule has 0 atom stereocenters. The lowest BCUT2D eigenvalue weighted by Gasteiger charge is -2.01. The third-order valence-corrected chi connectivity index (χ3v) is 3.02. The van der Waals surface area contributed by atoms with Gasteiger partial charge >= 0.3 is 5.88 Å². The Balaban J connectivity index is 2.02. The molecule has 2 rings (SSSR count). The molecule has 0 N–H and O–H groups in total. The van der Waals surface area contributed by atoms with Crippen molar-refractivity contribution in [2.24, 2.45) is 0 Å². The van der Waals surface area contributed by atoms with Crippen LogP contribution in [-0.4, -0.2) is 4.92 Å². The second kappa shape index (κ2) is 4.88. The van der Waals surface area contributed by atoms with Crippen LogP contribution in [0.1, 0.15) is 5.76 Å². The first kappa shape index (κ1) is 11.5. The molecule has 0 saturated heterocycles. The van der Waals surface area contributed by atoms with Crippen molar-refractivity contribution in [3.05, 3.63) is 57.6 Å². The van der Waals surface area contributed by atoms with E-state index in [2.05, 4.69) is 0 Å². The Morgan fingerprint density at radius 1 is 1.35 bits per heavy atom. The summed E-state index contributed by atoms with van der Waals surface area (Å²) in [6.45, 7) is 0. The van der Waals surface area contributed by atoms with Crippen molar-refractivity contribution in [1.29, 1.82) is 0 Å². The summed E-state index contributed by atoms with van der Waals surface area (Å²) in [7, 11) is 0. The molecule has 2 aromatic rings. The lowest BCUT2D eigenvalue weighted by atomic mass is 10.5. The zero-order valence-electron chi connectivity index (χ0n) is 8.61. The van der Waals surface area contributed by atoms with Gasteiger partial charge in [-0.3, -0.25) is 10.1 Å². The van der Waals surface area contributed by atoms with Crippen LogP contribution in [0.15, 0.2) is 46.0 Å². The van der Waals surface area contributed by atoms with Crippen LogP contribution in [0.5, 0.6) is 0 Å². The Bertz CT molecular complexity index is 541. The van der Waals surface area contributed by atoms with E-state index in [0.29, 0.717) is 16.5 Å². The number of nitro groups is 1. The molecule has 0 aromatic carbocycles. The van der Waals surface area contributed by atoms with Crippen molar-refractivity contribution in [2.75, 3.05) is 0 Å². The minimum atomic E-state index is -0.593. The Morgan fingerprint density at radius 2 is 2.18 bits per heavy atom. The van der Waals surface area contributed by atoms with E-state index in [9.17, 15) is 15.3 Å². The van der Waals surface area contributed by atoms with Crippen molar-refractivity contribution in [2.45, 2.75) is 10.8 Å². The Kier molecular flexibility index (Phi) is 3.29. The van der Waals surface area contributed by atoms with Crippen LogP contribution in [0.4, 0.5) is 5.88 Å². The quantitative estimate of drug-likeness (QED) is 0.273. The van der Waals surface area contributed by atoms with Gasteiger partial charge in [0.2, 0.25) is 0 Å². The maximum Gasteiger partial charge on any atom is 0.433 e. The highest BCUT2D eigenvalue weighted by Gasteiger charge is 2.13. The van der Waals surface area contributed by atoms with E-state index in [1.165, 1.54) is 30.1 Å². The lowest BCUT2D eigenvalue weighted by molar-refractivity contribution is -0.645. The predicted octanol–water partition coefficient (Wildman–Crippen LogP) is 2.11. The van der Waals surface area contributed by atoms with Gasteiger partial charge in [-0.15, -0.1) is 0 Å². The van der Waals surface area contributed by atoms with Gasteiger partial charge in [-0.1, -0.05) is 0 Å². The van der Waals surface area contributed by atoms with Crippen LogP contribution in [0.3, 0.4) is 0 Å². The highest BCUT2D eigenvalue weighted by atomic mass is 32.2. The molecule has 0 aliphatic heterocycles. The topological polar surface area (TPSA) is 83.2 Å². The summed E-state index contributed by atoms with van der Waals surface area (Å²) < 4.78 is 5.71. The highest BCUT2D eigenvalue weighted by Crippen LogP contribution is 2.23. The second-order valence-electron chi connectivity index (χ2n) is 3.15. The van der Waals surface area contributed by atoms with Crippen molar-refractivity contribution >= 4 is 17.6 Å². The van der Waals surface area contributed by atoms with Crippen LogP contribution in [0.25, 0.3) is 0 Å². The fourth-order valence-electron chi connectivity index (χ4n) is 1.21. The Morgan fingerprint density at radius 3 is 2.82 bits per heavy atom. The summed E-state index contributed by atoms with van der Waals surface area (Å²) in [5, 5.41) is 22.2. The Hall–Kier alpha value is -2.02. The summed E-state index contributed by atoms with van der Waals surface area (Å²) in [5.41, 5.74) is 0. The molecule has 0 aliphatic rings. The van der Waals surface area contributed by atoms with Gasteiger partial charge in [0.25, 0.3) is 5.03 Å². The molecule has 17 heavy (non-hydrogen) atoms. The Labute approximate surface area is 101 Å². The minimum absolute atomic E-state index is 0.288. The number of furan rings is 1. The zero-order valence-corrected chi connectivity index (χ0v) is 9.42. The van der Waals surface area contributed by atoms with E-state index in [1.54, 1.807) is 18.2 Å². The van der Waals surface area contributed by atoms with E-state index < -0.39 is 4.92 Å². The molecule has 0 spiro atoms. The number of rotatable bonds is 4. The number of aromatic nitrogens is 1. The number of thioether (sulfide) groups is 1. The van der Waals surface area contributed by atoms with Gasteiger partial charge in [-0.2, -0.15) is 4.73 Å². The van der Waals surface area contributed by atoms with Crippen LogP contribution >= 0.6 is 11.8 Å². The van der Waals surface area contributed by atoms with E-state index in [0.717, 1.165) is 4.73 Å². The maximum absolute atomic E-state index is 11.3. The average molecular weight is 252 g/mol. The molecule has 0 radical (unpaired) electrons. The summed E-state index contributed by atoms with van der Waals surface area (Å²) >= 11 is 1.26. The van der Waals surface area contributed by atoms with Crippen molar-refractivity contribution < 1.29 is 14.1 Å². The van der Waals surface area contributed by atoms with E-state index in [1.807, 2.05) is 0 Å². The zero-order chi connectivity index (χ0) is 12.3. The highest BCUT2D eigenvalue weighted by molar-refractivity contribution is 7.98. The fourth-order valence-corrected chi connectivity index (χ4v) is 2.02. The second-order valence-corrected chi connectivity index (χ2v) is 4.15. The smallest absolute Gasteiger partial charge is 0.433 e. The summed E-state index contributed by atoms with van der Waals surface area (Å²) in [5.74, 6) is 0.550. The van der Waals surface area contributed by atoms with Gasteiger partial charge in [-0.05, 0) is 23.9 Å². The summed E-state index contributed by atoms with van der Waals surface area (Å²) in [6.07, 6.45) is 1.40. The standard InChI is InChI=1S/C10H8N2O4S/c13-11-6-2-1-3-10(11)17-7-8-4-5-9(16-8)12(14)15/h1-6H,7H2. The van der Waals surface area contributed by atoms with E-state index in [-0.39, 0.29) is 5.88 Å². The van der Waals surface area contributed by atoms with E-state index >= 15 is 0 Å². The third-order valence-electron chi connectivity index (χ3n) is 1.98. The molecule has 7 heteroatoms. The van der Waals surface area contributed by atoms with Gasteiger partial charge in [-0.25, -0.2) is 0 Å². The molecular formula is C10H8N2O4S. The molecule has 2 aromatic heterocycles. The van der Waals surface area contributed by atoms with Crippen LogP contribution < -0.4 is 4.73 Å². The SMILES string of the molecule is O=[N+]([O-])c1ccc(CSc2cccc[n+]2[O-])o1. The number of pyridine rings is 1. The van der Waals surface area contributed by atoms with Gasteiger partial charge in [0.05, 0.1) is 11.8 Å². The van der Waals surface area contributed by atoms with Gasteiger partial charge < -0.3 is 9.62 Å². The van der Waals surface area contributed by atoms with Crippen LogP contribution in [-0.2, 0) is 5.75 Å². The first-order chi connectivity index (χ1) is 8.16. The fraction of sp³-hybridized carbons (Fsp3) is 0.100. The van der Waals surface area contributed by atoms with Gasteiger partial charge in [0.15, 0.2) is 6.20 Å². The van der Waals surface area contributed by atoms with Gasteiger partial charge in [0.1, 0.15) is 10.7 Å². The molecule has 0 aliphatic carbocycles. The van der Waals surface area contributed by atoms with Crippen molar-refractivity contribution in [3.63, 3.8) is 0 Å².